The minimum Gasteiger partial charge on any atom is -0.355 e. The van der Waals surface area contributed by atoms with Crippen LogP contribution in [0.2, 0.25) is 0 Å². The highest BCUT2D eigenvalue weighted by molar-refractivity contribution is 7.18. The summed E-state index contributed by atoms with van der Waals surface area (Å²) in [4.78, 5) is 28.8. The van der Waals surface area contributed by atoms with E-state index >= 15 is 0 Å². The number of piperidine rings is 1. The number of pyridine rings is 1. The maximum absolute atomic E-state index is 12.9. The molecule has 29 heavy (non-hydrogen) atoms. The minimum atomic E-state index is 0.0511. The Kier molecular flexibility index (Phi) is 4.58. The third-order valence-electron chi connectivity index (χ3n) is 5.96. The Balaban J connectivity index is 1.36. The van der Waals surface area contributed by atoms with E-state index in [1.54, 1.807) is 23.9 Å². The fraction of sp³-hybridized carbons (Fsp3) is 0.429. The highest BCUT2D eigenvalue weighted by atomic mass is 32.1. The molecule has 1 aliphatic rings. The van der Waals surface area contributed by atoms with Crippen LogP contribution in [0.5, 0.6) is 0 Å². The Bertz CT molecular complexity index is 1230. The van der Waals surface area contributed by atoms with Crippen molar-refractivity contribution in [3.63, 3.8) is 0 Å². The molecule has 1 fully saturated rings. The molecule has 5 heterocycles. The molecule has 1 saturated heterocycles. The lowest BCUT2D eigenvalue weighted by atomic mass is 9.96. The average Bonchev–Trinajstić information content (AvgIpc) is 3.26. The monoisotopic (exact) mass is 408 g/mol. The Morgan fingerprint density at radius 3 is 2.79 bits per heavy atom. The Hall–Kier alpha value is -2.74. The third-order valence-corrected chi connectivity index (χ3v) is 7.04. The van der Waals surface area contributed by atoms with Crippen LogP contribution in [0.4, 0.5) is 5.82 Å². The van der Waals surface area contributed by atoms with Crippen LogP contribution in [0.15, 0.2) is 34.8 Å². The molecule has 0 saturated carbocycles. The van der Waals surface area contributed by atoms with Crippen molar-refractivity contribution in [3.8, 4) is 0 Å². The number of nitrogens with zero attached hydrogens (tertiary/aromatic N) is 6. The molecule has 5 rings (SSSR count). The van der Waals surface area contributed by atoms with Gasteiger partial charge >= 0.3 is 5.69 Å². The number of rotatable bonds is 4. The number of aromatic nitrogens is 5. The normalized spacial score (nSPS) is 15.6. The number of thiophene rings is 1. The van der Waals surface area contributed by atoms with Crippen molar-refractivity contribution in [3.05, 3.63) is 46.1 Å². The zero-order valence-corrected chi connectivity index (χ0v) is 17.5. The first-order valence-electron chi connectivity index (χ1n) is 10.1. The first-order valence-corrected chi connectivity index (χ1v) is 11.0. The molecule has 0 N–H and O–H groups in total. The largest absolute Gasteiger partial charge is 0.355 e. The van der Waals surface area contributed by atoms with Gasteiger partial charge < -0.3 is 4.90 Å². The maximum atomic E-state index is 12.9. The second-order valence-electron chi connectivity index (χ2n) is 7.71. The molecule has 0 amide bonds. The van der Waals surface area contributed by atoms with E-state index in [-0.39, 0.29) is 5.69 Å². The molecule has 0 spiro atoms. The van der Waals surface area contributed by atoms with Gasteiger partial charge in [-0.25, -0.2) is 19.7 Å². The van der Waals surface area contributed by atoms with E-state index in [9.17, 15) is 4.79 Å². The van der Waals surface area contributed by atoms with Gasteiger partial charge in [-0.15, -0.1) is 11.3 Å². The van der Waals surface area contributed by atoms with E-state index in [1.165, 1.54) is 10.3 Å². The predicted octanol–water partition coefficient (Wildman–Crippen LogP) is 3.45. The van der Waals surface area contributed by atoms with Crippen molar-refractivity contribution < 1.29 is 0 Å². The lowest BCUT2D eigenvalue weighted by molar-refractivity contribution is 0.354. The summed E-state index contributed by atoms with van der Waals surface area (Å²) in [7, 11) is 0. The first kappa shape index (κ1) is 18.3. The van der Waals surface area contributed by atoms with Crippen LogP contribution in [-0.2, 0) is 13.1 Å². The van der Waals surface area contributed by atoms with E-state index in [4.69, 9.17) is 0 Å². The maximum Gasteiger partial charge on any atom is 0.330 e. The second kappa shape index (κ2) is 7.26. The summed E-state index contributed by atoms with van der Waals surface area (Å²) in [5.41, 5.74) is 4.05. The molecule has 0 aliphatic carbocycles. The Morgan fingerprint density at radius 2 is 2.00 bits per heavy atom. The van der Waals surface area contributed by atoms with Gasteiger partial charge in [0.05, 0.1) is 15.7 Å². The molecule has 0 aromatic carbocycles. The number of anilines is 1. The van der Waals surface area contributed by atoms with Crippen molar-refractivity contribution in [2.45, 2.75) is 39.8 Å². The van der Waals surface area contributed by atoms with E-state index in [0.717, 1.165) is 55.0 Å². The van der Waals surface area contributed by atoms with E-state index in [0.29, 0.717) is 12.5 Å². The zero-order valence-electron chi connectivity index (χ0n) is 16.7. The van der Waals surface area contributed by atoms with Crippen molar-refractivity contribution in [1.82, 2.24) is 24.1 Å². The lowest BCUT2D eigenvalue weighted by Gasteiger charge is -2.33. The van der Waals surface area contributed by atoms with E-state index < -0.39 is 0 Å². The molecule has 0 radical (unpaired) electrons. The number of aryl methyl sites for hydroxylation is 2. The standard InChI is InChI=1S/C21H24N6OS/c1-3-26-16-5-4-8-22-19(16)27(21(26)28)11-15-6-9-25(10-7-15)20-18-17(23-13-24-20)14(2)12-29-18/h4-5,8,12-13,15H,3,6-7,9-11H2,1-2H3. The highest BCUT2D eigenvalue weighted by Gasteiger charge is 2.24. The molecule has 4 aromatic heterocycles. The van der Waals surface area contributed by atoms with Crippen molar-refractivity contribution >= 4 is 38.5 Å². The van der Waals surface area contributed by atoms with E-state index in [1.807, 2.05) is 28.2 Å². The number of hydrogen-bond acceptors (Lipinski definition) is 6. The molecule has 0 atom stereocenters. The molecule has 4 aromatic rings. The molecule has 1 aliphatic heterocycles. The highest BCUT2D eigenvalue weighted by Crippen LogP contribution is 2.33. The minimum absolute atomic E-state index is 0.0511. The van der Waals surface area contributed by atoms with Crippen molar-refractivity contribution in [2.24, 2.45) is 5.92 Å². The van der Waals surface area contributed by atoms with Gasteiger partial charge in [-0.3, -0.25) is 9.13 Å². The summed E-state index contributed by atoms with van der Waals surface area (Å²) in [5, 5.41) is 2.15. The molecule has 7 nitrogen and oxygen atoms in total. The summed E-state index contributed by atoms with van der Waals surface area (Å²) >= 11 is 1.72. The van der Waals surface area contributed by atoms with Gasteiger partial charge in [-0.05, 0) is 55.7 Å². The topological polar surface area (TPSA) is 68.8 Å². The van der Waals surface area contributed by atoms with Gasteiger partial charge in [-0.2, -0.15) is 0 Å². The Labute approximate surface area is 172 Å². The van der Waals surface area contributed by atoms with Crippen molar-refractivity contribution in [1.29, 1.82) is 0 Å². The quantitative estimate of drug-likeness (QED) is 0.517. The third kappa shape index (κ3) is 3.02. The van der Waals surface area contributed by atoms with Crippen LogP contribution < -0.4 is 10.6 Å². The smallest absolute Gasteiger partial charge is 0.330 e. The summed E-state index contributed by atoms with van der Waals surface area (Å²) < 4.78 is 4.86. The van der Waals surface area contributed by atoms with Crippen LogP contribution in [-0.4, -0.2) is 37.2 Å². The summed E-state index contributed by atoms with van der Waals surface area (Å²) in [6.45, 7) is 7.39. The Morgan fingerprint density at radius 1 is 1.17 bits per heavy atom. The fourth-order valence-corrected chi connectivity index (χ4v) is 5.40. The van der Waals surface area contributed by atoms with Crippen LogP contribution in [0, 0.1) is 12.8 Å². The van der Waals surface area contributed by atoms with E-state index in [2.05, 4.69) is 32.2 Å². The number of fused-ring (bicyclic) bond motifs is 2. The molecular weight excluding hydrogens is 384 g/mol. The first-order chi connectivity index (χ1) is 14.2. The van der Waals surface area contributed by atoms with Gasteiger partial charge in [-0.1, -0.05) is 0 Å². The molecule has 150 valence electrons. The predicted molar refractivity (Wildman–Crippen MR) is 117 cm³/mol. The van der Waals surface area contributed by atoms with Crippen LogP contribution in [0.25, 0.3) is 21.4 Å². The molecule has 8 heteroatoms. The molecule has 0 bridgehead atoms. The molecular formula is C21H24N6OS. The lowest BCUT2D eigenvalue weighted by Crippen LogP contribution is -2.37. The fourth-order valence-electron chi connectivity index (χ4n) is 4.38. The second-order valence-corrected chi connectivity index (χ2v) is 8.59. The van der Waals surface area contributed by atoms with Gasteiger partial charge in [0.2, 0.25) is 0 Å². The van der Waals surface area contributed by atoms with Gasteiger partial charge in [0, 0.05) is 32.4 Å². The van der Waals surface area contributed by atoms with Gasteiger partial charge in [0.1, 0.15) is 12.1 Å². The SMILES string of the molecule is CCn1c(=O)n(CC2CCN(c3ncnc4c(C)csc34)CC2)c2ncccc21. The van der Waals surface area contributed by atoms with Crippen molar-refractivity contribution in [2.75, 3.05) is 18.0 Å². The van der Waals surface area contributed by atoms with Crippen LogP contribution >= 0.6 is 11.3 Å². The number of imidazole rings is 1. The van der Waals surface area contributed by atoms with Crippen LogP contribution in [0.3, 0.4) is 0 Å². The zero-order chi connectivity index (χ0) is 20.0. The van der Waals surface area contributed by atoms with Gasteiger partial charge in [0.15, 0.2) is 5.65 Å². The number of hydrogen-bond donors (Lipinski definition) is 0. The van der Waals surface area contributed by atoms with Gasteiger partial charge in [0.25, 0.3) is 0 Å². The summed E-state index contributed by atoms with van der Waals surface area (Å²) in [5.74, 6) is 1.51. The summed E-state index contributed by atoms with van der Waals surface area (Å²) in [6.07, 6.45) is 5.51. The summed E-state index contributed by atoms with van der Waals surface area (Å²) in [6, 6.07) is 3.88. The molecule has 0 unspecified atom stereocenters. The average molecular weight is 409 g/mol. The van der Waals surface area contributed by atoms with Crippen LogP contribution in [0.1, 0.15) is 25.3 Å².